The molecule has 0 atom stereocenters. The molecule has 11 nitrogen and oxygen atoms in total. The highest BCUT2D eigenvalue weighted by atomic mass is 32.2. The molecule has 1 aliphatic rings. The summed E-state index contributed by atoms with van der Waals surface area (Å²) in [4.78, 5) is 24.9. The number of aromatic nitrogens is 2. The van der Waals surface area contributed by atoms with Crippen LogP contribution in [0.4, 0.5) is 5.69 Å². The van der Waals surface area contributed by atoms with Crippen LogP contribution in [0.5, 0.6) is 5.75 Å². The van der Waals surface area contributed by atoms with Crippen molar-refractivity contribution in [3.63, 3.8) is 0 Å². The fourth-order valence-electron chi connectivity index (χ4n) is 3.46. The third-order valence-electron chi connectivity index (χ3n) is 5.02. The Hall–Kier alpha value is -2.96. The summed E-state index contributed by atoms with van der Waals surface area (Å²) in [5.74, 6) is -1.20. The lowest BCUT2D eigenvalue weighted by atomic mass is 10.1. The van der Waals surface area contributed by atoms with Gasteiger partial charge >= 0.3 is 0 Å². The number of benzene rings is 1. The fraction of sp³-hybridized carbons (Fsp3) is 0.450. The molecule has 0 spiro atoms. The average Bonchev–Trinajstić information content (AvgIpc) is 3.17. The molecule has 12 heteroatoms. The molecule has 1 saturated heterocycles. The molecule has 1 aliphatic heterocycles. The number of carbonyl (C=O) groups excluding carboxylic acids is 2. The van der Waals surface area contributed by atoms with E-state index in [0.29, 0.717) is 38.3 Å². The minimum absolute atomic E-state index is 0.0101. The number of nitrogens with one attached hydrogen (secondary N) is 3. The Morgan fingerprint density at radius 1 is 1.25 bits per heavy atom. The van der Waals surface area contributed by atoms with E-state index in [4.69, 9.17) is 10.5 Å². The van der Waals surface area contributed by atoms with E-state index in [9.17, 15) is 18.0 Å². The molecule has 32 heavy (non-hydrogen) atoms. The SMILES string of the molecule is CCCc1[nH]nc(C(N)=O)c1NC(=O)c1cc(S(=O)(=O)N2CCNCC2)ccc1OCC. The Balaban J connectivity index is 1.99. The van der Waals surface area contributed by atoms with Crippen molar-refractivity contribution in [3.8, 4) is 5.75 Å². The van der Waals surface area contributed by atoms with Gasteiger partial charge in [0.25, 0.3) is 11.8 Å². The second-order valence-electron chi connectivity index (χ2n) is 7.24. The van der Waals surface area contributed by atoms with Crippen molar-refractivity contribution in [2.24, 2.45) is 5.73 Å². The van der Waals surface area contributed by atoms with Crippen molar-refractivity contribution in [1.82, 2.24) is 19.8 Å². The smallest absolute Gasteiger partial charge is 0.271 e. The number of carbonyl (C=O) groups is 2. The van der Waals surface area contributed by atoms with Crippen molar-refractivity contribution in [1.29, 1.82) is 0 Å². The molecule has 1 aromatic carbocycles. The summed E-state index contributed by atoms with van der Waals surface area (Å²) >= 11 is 0. The van der Waals surface area contributed by atoms with Crippen LogP contribution in [0.1, 0.15) is 46.8 Å². The monoisotopic (exact) mass is 464 g/mol. The first-order valence-electron chi connectivity index (χ1n) is 10.5. The molecular weight excluding hydrogens is 436 g/mol. The lowest BCUT2D eigenvalue weighted by molar-refractivity contribution is 0.0996. The van der Waals surface area contributed by atoms with Gasteiger partial charge in [0.15, 0.2) is 5.69 Å². The van der Waals surface area contributed by atoms with Gasteiger partial charge in [-0.05, 0) is 31.5 Å². The molecular formula is C20H28N6O5S. The molecule has 1 fully saturated rings. The summed E-state index contributed by atoms with van der Waals surface area (Å²) < 4.78 is 33.1. The summed E-state index contributed by atoms with van der Waals surface area (Å²) in [7, 11) is -3.79. The topological polar surface area (TPSA) is 160 Å². The first-order chi connectivity index (χ1) is 15.3. The van der Waals surface area contributed by atoms with Crippen LogP contribution >= 0.6 is 0 Å². The summed E-state index contributed by atoms with van der Waals surface area (Å²) in [5.41, 5.74) is 6.06. The van der Waals surface area contributed by atoms with Crippen molar-refractivity contribution in [2.45, 2.75) is 31.6 Å². The van der Waals surface area contributed by atoms with Gasteiger partial charge in [0.1, 0.15) is 5.75 Å². The molecule has 0 bridgehead atoms. The van der Waals surface area contributed by atoms with Gasteiger partial charge in [-0.3, -0.25) is 14.7 Å². The van der Waals surface area contributed by atoms with Gasteiger partial charge < -0.3 is 21.1 Å². The Morgan fingerprint density at radius 2 is 1.97 bits per heavy atom. The van der Waals surface area contributed by atoms with Gasteiger partial charge in [-0.2, -0.15) is 9.40 Å². The largest absolute Gasteiger partial charge is 0.493 e. The summed E-state index contributed by atoms with van der Waals surface area (Å²) in [6, 6.07) is 4.18. The number of nitrogens with two attached hydrogens (primary N) is 1. The summed E-state index contributed by atoms with van der Waals surface area (Å²) in [5, 5.41) is 12.4. The second-order valence-corrected chi connectivity index (χ2v) is 9.18. The third-order valence-corrected chi connectivity index (χ3v) is 6.92. The maximum absolute atomic E-state index is 13.2. The number of aromatic amines is 1. The van der Waals surface area contributed by atoms with E-state index in [-0.39, 0.29) is 34.2 Å². The highest BCUT2D eigenvalue weighted by molar-refractivity contribution is 7.89. The van der Waals surface area contributed by atoms with Crippen LogP contribution in [0.2, 0.25) is 0 Å². The third kappa shape index (κ3) is 4.92. The minimum Gasteiger partial charge on any atom is -0.493 e. The number of primary amides is 1. The lowest BCUT2D eigenvalue weighted by Crippen LogP contribution is -2.46. The van der Waals surface area contributed by atoms with Gasteiger partial charge in [0.05, 0.1) is 28.4 Å². The Kier molecular flexibility index (Phi) is 7.48. The quantitative estimate of drug-likeness (QED) is 0.425. The number of amides is 2. The summed E-state index contributed by atoms with van der Waals surface area (Å²) in [6.45, 7) is 5.77. The van der Waals surface area contributed by atoms with Gasteiger partial charge in [-0.1, -0.05) is 13.3 Å². The normalized spacial score (nSPS) is 14.8. The van der Waals surface area contributed by atoms with Gasteiger partial charge in [-0.15, -0.1) is 0 Å². The van der Waals surface area contributed by atoms with Gasteiger partial charge in [0, 0.05) is 26.2 Å². The zero-order chi connectivity index (χ0) is 23.3. The van der Waals surface area contributed by atoms with Crippen LogP contribution < -0.4 is 21.1 Å². The maximum Gasteiger partial charge on any atom is 0.271 e. The predicted molar refractivity (Wildman–Crippen MR) is 118 cm³/mol. The zero-order valence-electron chi connectivity index (χ0n) is 18.1. The van der Waals surface area contributed by atoms with E-state index < -0.39 is 21.8 Å². The Bertz CT molecular complexity index is 1090. The second kappa shape index (κ2) is 10.1. The highest BCUT2D eigenvalue weighted by Crippen LogP contribution is 2.27. The standard InChI is InChI=1S/C20H28N6O5S/c1-3-5-15-17(18(19(21)27)25-24-15)23-20(28)14-12-13(6-7-16(14)31-4-2)32(29,30)26-10-8-22-9-11-26/h6-7,12,22H,3-5,8-11H2,1-2H3,(H2,21,27)(H,23,28)(H,24,25). The first kappa shape index (κ1) is 23.7. The molecule has 1 aromatic heterocycles. The van der Waals surface area contributed by atoms with Crippen molar-refractivity contribution < 1.29 is 22.7 Å². The van der Waals surface area contributed by atoms with Crippen LogP contribution in [0.15, 0.2) is 23.1 Å². The van der Waals surface area contributed by atoms with Crippen LogP contribution in [-0.4, -0.2) is 67.5 Å². The number of piperazine rings is 1. The minimum atomic E-state index is -3.79. The Labute approximate surface area is 186 Å². The van der Waals surface area contributed by atoms with E-state index in [0.717, 1.165) is 6.42 Å². The number of hydrogen-bond acceptors (Lipinski definition) is 7. The number of ether oxygens (including phenoxy) is 1. The maximum atomic E-state index is 13.2. The highest BCUT2D eigenvalue weighted by Gasteiger charge is 2.28. The van der Waals surface area contributed by atoms with Gasteiger partial charge in [0.2, 0.25) is 10.0 Å². The number of aryl methyl sites for hydroxylation is 1. The van der Waals surface area contributed by atoms with E-state index in [1.807, 2.05) is 6.92 Å². The fourth-order valence-corrected chi connectivity index (χ4v) is 4.93. The molecule has 5 N–H and O–H groups in total. The van der Waals surface area contributed by atoms with E-state index >= 15 is 0 Å². The average molecular weight is 465 g/mol. The number of rotatable bonds is 9. The van der Waals surface area contributed by atoms with E-state index in [1.165, 1.54) is 22.5 Å². The van der Waals surface area contributed by atoms with Crippen LogP contribution in [0.3, 0.4) is 0 Å². The zero-order valence-corrected chi connectivity index (χ0v) is 18.9. The van der Waals surface area contributed by atoms with E-state index in [2.05, 4.69) is 20.8 Å². The van der Waals surface area contributed by atoms with E-state index in [1.54, 1.807) is 6.92 Å². The number of nitrogens with zero attached hydrogens (tertiary/aromatic N) is 2. The molecule has 2 aromatic rings. The van der Waals surface area contributed by atoms with Crippen LogP contribution in [-0.2, 0) is 16.4 Å². The van der Waals surface area contributed by atoms with Crippen molar-refractivity contribution >= 4 is 27.5 Å². The molecule has 174 valence electrons. The number of anilines is 1. The molecule has 0 unspecified atom stereocenters. The van der Waals surface area contributed by atoms with Crippen LogP contribution in [0, 0.1) is 0 Å². The first-order valence-corrected chi connectivity index (χ1v) is 11.9. The molecule has 3 rings (SSSR count). The lowest BCUT2D eigenvalue weighted by Gasteiger charge is -2.26. The molecule has 2 amide bonds. The van der Waals surface area contributed by atoms with Gasteiger partial charge in [-0.25, -0.2) is 8.42 Å². The molecule has 0 radical (unpaired) electrons. The Morgan fingerprint density at radius 3 is 2.59 bits per heavy atom. The van der Waals surface area contributed by atoms with Crippen molar-refractivity contribution in [3.05, 3.63) is 35.2 Å². The van der Waals surface area contributed by atoms with Crippen molar-refractivity contribution in [2.75, 3.05) is 38.1 Å². The molecule has 2 heterocycles. The molecule has 0 saturated carbocycles. The van der Waals surface area contributed by atoms with Crippen LogP contribution in [0.25, 0.3) is 0 Å². The number of sulfonamides is 1. The number of hydrogen-bond donors (Lipinski definition) is 4. The predicted octanol–water partition coefficient (Wildman–Crippen LogP) is 0.706. The number of H-pyrrole nitrogens is 1. The molecule has 0 aliphatic carbocycles. The summed E-state index contributed by atoms with van der Waals surface area (Å²) in [6.07, 6.45) is 1.28.